The lowest BCUT2D eigenvalue weighted by atomic mass is 10.0. The van der Waals surface area contributed by atoms with Gasteiger partial charge in [-0.15, -0.1) is 5.10 Å². The van der Waals surface area contributed by atoms with Crippen LogP contribution in [0.4, 0.5) is 11.4 Å². The molecular weight excluding hydrogens is 685 g/mol. The van der Waals surface area contributed by atoms with Crippen LogP contribution in [0.1, 0.15) is 52.4 Å². The van der Waals surface area contributed by atoms with Crippen molar-refractivity contribution in [1.82, 2.24) is 24.8 Å². The third kappa shape index (κ3) is 7.38. The Morgan fingerprint density at radius 2 is 1.24 bits per heavy atom. The van der Waals surface area contributed by atoms with Crippen molar-refractivity contribution in [2.75, 3.05) is 62.2 Å². The van der Waals surface area contributed by atoms with Crippen molar-refractivity contribution in [3.05, 3.63) is 93.1 Å². The first-order valence-electron chi connectivity index (χ1n) is 16.8. The van der Waals surface area contributed by atoms with Crippen molar-refractivity contribution in [3.63, 3.8) is 0 Å². The molecule has 3 aromatic carbocycles. The highest BCUT2D eigenvalue weighted by Gasteiger charge is 2.28. The number of hydrogen-bond acceptors (Lipinski definition) is 7. The van der Waals surface area contributed by atoms with Gasteiger partial charge in [-0.25, -0.2) is 4.68 Å². The first-order chi connectivity index (χ1) is 23.7. The molecule has 0 bridgehead atoms. The zero-order valence-electron chi connectivity index (χ0n) is 27.0. The third-order valence-electron chi connectivity index (χ3n) is 9.89. The molecule has 0 aliphatic carbocycles. The van der Waals surface area contributed by atoms with Crippen LogP contribution in [0.25, 0.3) is 11.3 Å². The van der Waals surface area contributed by atoms with Crippen molar-refractivity contribution >= 4 is 58.0 Å². The van der Waals surface area contributed by atoms with Crippen LogP contribution < -0.4 is 9.80 Å². The highest BCUT2D eigenvalue weighted by atomic mass is 35.5. The van der Waals surface area contributed by atoms with Gasteiger partial charge in [0, 0.05) is 80.4 Å². The quantitative estimate of drug-likeness (QED) is 0.233. The Morgan fingerprint density at radius 3 is 1.86 bits per heavy atom. The van der Waals surface area contributed by atoms with Crippen LogP contribution in [-0.2, 0) is 0 Å². The van der Waals surface area contributed by atoms with E-state index >= 15 is 0 Å². The number of rotatable bonds is 6. The van der Waals surface area contributed by atoms with Gasteiger partial charge in [-0.2, -0.15) is 0 Å². The van der Waals surface area contributed by atoms with Gasteiger partial charge in [0.05, 0.1) is 33.4 Å². The van der Waals surface area contributed by atoms with Gasteiger partial charge < -0.3 is 24.7 Å². The number of piperazine rings is 1. The smallest absolute Gasteiger partial charge is 0.253 e. The molecular formula is C36H38Cl3N7O3. The molecule has 0 radical (unpaired) electrons. The number of aromatic nitrogens is 3. The number of nitrogens with zero attached hydrogens (tertiary/aromatic N) is 7. The van der Waals surface area contributed by atoms with Gasteiger partial charge in [0.1, 0.15) is 5.69 Å². The Kier molecular flexibility index (Phi) is 10.0. The van der Waals surface area contributed by atoms with Crippen LogP contribution in [0.5, 0.6) is 0 Å². The van der Waals surface area contributed by atoms with E-state index in [1.807, 2.05) is 20.7 Å². The number of hydrogen-bond donors (Lipinski definition) is 1. The van der Waals surface area contributed by atoms with Crippen LogP contribution in [-0.4, -0.2) is 100 Å². The number of aliphatic hydroxyl groups excluding tert-OH is 1. The van der Waals surface area contributed by atoms with Gasteiger partial charge >= 0.3 is 0 Å². The average molecular weight is 723 g/mol. The van der Waals surface area contributed by atoms with E-state index in [2.05, 4.69) is 44.4 Å². The summed E-state index contributed by atoms with van der Waals surface area (Å²) in [6, 6.07) is 19.1. The lowest BCUT2D eigenvalue weighted by molar-refractivity contribution is 0.0689. The van der Waals surface area contributed by atoms with Crippen LogP contribution in [0.2, 0.25) is 15.1 Å². The summed E-state index contributed by atoms with van der Waals surface area (Å²) in [7, 11) is 0. The molecule has 1 aromatic heterocycles. The van der Waals surface area contributed by atoms with E-state index in [1.165, 1.54) is 0 Å². The molecule has 0 saturated carbocycles. The molecule has 10 nitrogen and oxygen atoms in total. The van der Waals surface area contributed by atoms with E-state index in [9.17, 15) is 14.7 Å². The maximum atomic E-state index is 13.5. The van der Waals surface area contributed by atoms with Crippen LogP contribution in [0.3, 0.4) is 0 Å². The molecule has 4 heterocycles. The fourth-order valence-corrected chi connectivity index (χ4v) is 7.52. The maximum absolute atomic E-state index is 13.5. The van der Waals surface area contributed by atoms with Crippen molar-refractivity contribution < 1.29 is 14.7 Å². The highest BCUT2D eigenvalue weighted by molar-refractivity contribution is 6.48. The zero-order chi connectivity index (χ0) is 34.1. The lowest BCUT2D eigenvalue weighted by Crippen LogP contribution is -2.48. The fraction of sp³-hybridized carbons (Fsp3) is 0.389. The molecule has 3 saturated heterocycles. The predicted molar refractivity (Wildman–Crippen MR) is 193 cm³/mol. The molecule has 2 amide bonds. The molecule has 1 N–H and O–H groups in total. The van der Waals surface area contributed by atoms with Gasteiger partial charge in [-0.3, -0.25) is 9.59 Å². The van der Waals surface area contributed by atoms with Gasteiger partial charge in [0.2, 0.25) is 0 Å². The minimum absolute atomic E-state index is 0.0722. The number of carbonyl (C=O) groups is 2. The van der Waals surface area contributed by atoms with E-state index in [4.69, 9.17) is 34.8 Å². The molecule has 3 aliphatic heterocycles. The topological polar surface area (TPSA) is 98.0 Å². The Bertz CT molecular complexity index is 1790. The summed E-state index contributed by atoms with van der Waals surface area (Å²) < 4.78 is 1.92. The molecule has 0 unspecified atom stereocenters. The number of aliphatic hydroxyl groups is 1. The van der Waals surface area contributed by atoms with E-state index in [-0.39, 0.29) is 24.0 Å². The Hall–Kier alpha value is -3.83. The largest absolute Gasteiger partial charge is 0.393 e. The predicted octanol–water partition coefficient (Wildman–Crippen LogP) is 6.31. The lowest BCUT2D eigenvalue weighted by Gasteiger charge is -2.36. The standard InChI is InChI=1S/C36H38Cl3N7O3/c37-31-21-29(22-32(38)34(31)39)43-16-18-45(19-17-43)36(49)26-3-1-2-25(20-26)35(48)44-12-8-28(9-13-44)46-23-33(40-41-46)24-4-6-27(7-5-24)42-14-10-30(47)11-15-42/h1-7,20-23,28,30,47H,8-19H2. The minimum atomic E-state index is -0.194. The van der Waals surface area contributed by atoms with E-state index < -0.39 is 0 Å². The Balaban J connectivity index is 0.920. The van der Waals surface area contributed by atoms with Crippen molar-refractivity contribution in [3.8, 4) is 11.3 Å². The second-order valence-corrected chi connectivity index (χ2v) is 14.1. The highest BCUT2D eigenvalue weighted by Crippen LogP contribution is 2.35. The summed E-state index contributed by atoms with van der Waals surface area (Å²) >= 11 is 18.6. The summed E-state index contributed by atoms with van der Waals surface area (Å²) in [6.07, 6.45) is 4.92. The maximum Gasteiger partial charge on any atom is 0.253 e. The SMILES string of the molecule is O=C(c1cccc(C(=O)N2CCN(c3cc(Cl)c(Cl)c(Cl)c3)CC2)c1)N1CCC(n2cc(-c3ccc(N4CCC(O)CC4)cc3)nn2)CC1. The van der Waals surface area contributed by atoms with Crippen LogP contribution in [0.15, 0.2) is 66.9 Å². The van der Waals surface area contributed by atoms with E-state index in [0.29, 0.717) is 65.5 Å². The summed E-state index contributed by atoms with van der Waals surface area (Å²) in [6.45, 7) is 5.21. The molecule has 0 spiro atoms. The van der Waals surface area contributed by atoms with E-state index in [0.717, 1.165) is 61.4 Å². The monoisotopic (exact) mass is 721 g/mol. The number of amides is 2. The molecule has 4 aromatic rings. The Morgan fingerprint density at radius 1 is 0.673 bits per heavy atom. The molecule has 3 fully saturated rings. The minimum Gasteiger partial charge on any atom is -0.393 e. The molecule has 256 valence electrons. The molecule has 3 aliphatic rings. The first kappa shape index (κ1) is 33.7. The zero-order valence-corrected chi connectivity index (χ0v) is 29.3. The summed E-state index contributed by atoms with van der Waals surface area (Å²) in [4.78, 5) is 35.1. The van der Waals surface area contributed by atoms with Crippen LogP contribution >= 0.6 is 34.8 Å². The van der Waals surface area contributed by atoms with Gasteiger partial charge in [0.15, 0.2) is 0 Å². The fourth-order valence-electron chi connectivity index (χ4n) is 6.93. The number of halogens is 3. The molecule has 7 rings (SSSR count). The number of carbonyl (C=O) groups excluding carboxylic acids is 2. The second-order valence-electron chi connectivity index (χ2n) is 13.0. The second kappa shape index (κ2) is 14.6. The van der Waals surface area contributed by atoms with Crippen LogP contribution in [0, 0.1) is 0 Å². The van der Waals surface area contributed by atoms with E-state index in [1.54, 1.807) is 36.4 Å². The van der Waals surface area contributed by atoms with Gasteiger partial charge in [-0.1, -0.05) is 58.2 Å². The third-order valence-corrected chi connectivity index (χ3v) is 11.1. The molecule has 0 atom stereocenters. The number of likely N-dealkylation sites (tertiary alicyclic amines) is 1. The summed E-state index contributed by atoms with van der Waals surface area (Å²) in [5.41, 5.74) is 4.87. The van der Waals surface area contributed by atoms with Crippen molar-refractivity contribution in [2.24, 2.45) is 0 Å². The number of anilines is 2. The normalized spacial score (nSPS) is 17.9. The van der Waals surface area contributed by atoms with Crippen molar-refractivity contribution in [1.29, 1.82) is 0 Å². The first-order valence-corrected chi connectivity index (χ1v) is 17.9. The van der Waals surface area contributed by atoms with Crippen molar-refractivity contribution in [2.45, 2.75) is 37.8 Å². The number of piperidine rings is 2. The van der Waals surface area contributed by atoms with Gasteiger partial charge in [-0.05, 0) is 68.1 Å². The summed E-state index contributed by atoms with van der Waals surface area (Å²) in [5.74, 6) is -0.167. The number of benzene rings is 3. The Labute approximate surface area is 300 Å². The summed E-state index contributed by atoms with van der Waals surface area (Å²) in [5, 5.41) is 19.8. The van der Waals surface area contributed by atoms with Gasteiger partial charge in [0.25, 0.3) is 11.8 Å². The average Bonchev–Trinajstić information content (AvgIpc) is 3.64. The molecule has 49 heavy (non-hydrogen) atoms. The molecule has 13 heteroatoms.